The fourth-order valence-corrected chi connectivity index (χ4v) is 1.10. The SMILES string of the molecule is CCCc1[nH][nH]c(=O)c1CN. The molecule has 1 aromatic rings. The molecule has 0 saturated heterocycles. The lowest BCUT2D eigenvalue weighted by Crippen LogP contribution is -2.11. The topological polar surface area (TPSA) is 74.7 Å². The molecule has 0 bridgehead atoms. The van der Waals surface area contributed by atoms with Crippen LogP contribution in [0, 0.1) is 0 Å². The van der Waals surface area contributed by atoms with Gasteiger partial charge in [-0.25, -0.2) is 0 Å². The van der Waals surface area contributed by atoms with Gasteiger partial charge in [0.1, 0.15) is 0 Å². The lowest BCUT2D eigenvalue weighted by atomic mass is 10.2. The van der Waals surface area contributed by atoms with E-state index in [2.05, 4.69) is 17.1 Å². The Hall–Kier alpha value is -1.03. The largest absolute Gasteiger partial charge is 0.326 e. The molecule has 0 atom stereocenters. The second-order valence-electron chi connectivity index (χ2n) is 2.49. The van der Waals surface area contributed by atoms with Crippen LogP contribution < -0.4 is 11.3 Å². The van der Waals surface area contributed by atoms with E-state index in [-0.39, 0.29) is 5.56 Å². The van der Waals surface area contributed by atoms with Crippen molar-refractivity contribution in [3.63, 3.8) is 0 Å². The highest BCUT2D eigenvalue weighted by Gasteiger charge is 2.05. The minimum atomic E-state index is -0.0871. The number of aromatic nitrogens is 2. The standard InChI is InChI=1S/C7H13N3O/c1-2-3-6-5(4-8)7(11)10-9-6/h2-4,8H2,1H3,(H2,9,10,11). The zero-order chi connectivity index (χ0) is 8.27. The van der Waals surface area contributed by atoms with Crippen LogP contribution >= 0.6 is 0 Å². The minimum Gasteiger partial charge on any atom is -0.326 e. The van der Waals surface area contributed by atoms with Crippen molar-refractivity contribution in [1.29, 1.82) is 0 Å². The van der Waals surface area contributed by atoms with Crippen LogP contribution in [-0.2, 0) is 13.0 Å². The van der Waals surface area contributed by atoms with Crippen molar-refractivity contribution < 1.29 is 0 Å². The number of rotatable bonds is 3. The Kier molecular flexibility index (Phi) is 2.48. The number of nitrogens with two attached hydrogens (primary N) is 1. The Balaban J connectivity index is 2.96. The summed E-state index contributed by atoms with van der Waals surface area (Å²) >= 11 is 0. The Morgan fingerprint density at radius 1 is 1.45 bits per heavy atom. The van der Waals surface area contributed by atoms with Gasteiger partial charge in [0.2, 0.25) is 0 Å². The summed E-state index contributed by atoms with van der Waals surface area (Å²) in [6, 6.07) is 0. The second kappa shape index (κ2) is 3.39. The predicted molar refractivity (Wildman–Crippen MR) is 43.3 cm³/mol. The van der Waals surface area contributed by atoms with Crippen molar-refractivity contribution in [2.75, 3.05) is 0 Å². The average Bonchev–Trinajstić information content (AvgIpc) is 2.33. The van der Waals surface area contributed by atoms with Gasteiger partial charge in [0.15, 0.2) is 0 Å². The summed E-state index contributed by atoms with van der Waals surface area (Å²) in [5, 5.41) is 5.32. The lowest BCUT2D eigenvalue weighted by Gasteiger charge is -1.94. The molecular formula is C7H13N3O. The van der Waals surface area contributed by atoms with Crippen LogP contribution in [-0.4, -0.2) is 10.2 Å². The molecule has 1 rings (SSSR count). The molecule has 0 aromatic carbocycles. The van der Waals surface area contributed by atoms with E-state index < -0.39 is 0 Å². The molecule has 4 nitrogen and oxygen atoms in total. The number of aromatic amines is 2. The third kappa shape index (κ3) is 1.51. The van der Waals surface area contributed by atoms with Crippen LogP contribution in [0.3, 0.4) is 0 Å². The molecule has 0 spiro atoms. The predicted octanol–water partition coefficient (Wildman–Crippen LogP) is 0.114. The zero-order valence-corrected chi connectivity index (χ0v) is 6.61. The summed E-state index contributed by atoms with van der Waals surface area (Å²) in [5.41, 5.74) is 6.93. The van der Waals surface area contributed by atoms with Gasteiger partial charge in [0, 0.05) is 12.2 Å². The third-order valence-electron chi connectivity index (χ3n) is 1.67. The molecule has 0 aliphatic carbocycles. The quantitative estimate of drug-likeness (QED) is 0.579. The molecule has 0 saturated carbocycles. The number of hydrogen-bond acceptors (Lipinski definition) is 2. The molecule has 0 fully saturated rings. The highest BCUT2D eigenvalue weighted by Crippen LogP contribution is 2.00. The molecule has 11 heavy (non-hydrogen) atoms. The first kappa shape index (κ1) is 8.07. The van der Waals surface area contributed by atoms with Gasteiger partial charge in [-0.3, -0.25) is 9.89 Å². The van der Waals surface area contributed by atoms with Gasteiger partial charge in [-0.2, -0.15) is 0 Å². The molecule has 0 amide bonds. The van der Waals surface area contributed by atoms with E-state index in [4.69, 9.17) is 5.73 Å². The van der Waals surface area contributed by atoms with E-state index in [1.807, 2.05) is 0 Å². The van der Waals surface area contributed by atoms with Crippen LogP contribution in [0.1, 0.15) is 24.6 Å². The number of aryl methyl sites for hydroxylation is 1. The van der Waals surface area contributed by atoms with Gasteiger partial charge in [-0.05, 0) is 6.42 Å². The van der Waals surface area contributed by atoms with Crippen molar-refractivity contribution in [3.05, 3.63) is 21.6 Å². The van der Waals surface area contributed by atoms with Gasteiger partial charge < -0.3 is 10.8 Å². The first-order chi connectivity index (χ1) is 5.29. The number of H-pyrrole nitrogens is 2. The summed E-state index contributed by atoms with van der Waals surface area (Å²) < 4.78 is 0. The smallest absolute Gasteiger partial charge is 0.268 e. The molecular weight excluding hydrogens is 142 g/mol. The van der Waals surface area contributed by atoms with Crippen LogP contribution in [0.15, 0.2) is 4.79 Å². The molecule has 0 radical (unpaired) electrons. The minimum absolute atomic E-state index is 0.0871. The van der Waals surface area contributed by atoms with Gasteiger partial charge in [-0.1, -0.05) is 13.3 Å². The van der Waals surface area contributed by atoms with Crippen molar-refractivity contribution in [1.82, 2.24) is 10.2 Å². The Morgan fingerprint density at radius 2 is 2.18 bits per heavy atom. The summed E-state index contributed by atoms with van der Waals surface area (Å²) in [6.45, 7) is 2.37. The first-order valence-electron chi connectivity index (χ1n) is 3.78. The van der Waals surface area contributed by atoms with Gasteiger partial charge >= 0.3 is 0 Å². The third-order valence-corrected chi connectivity index (χ3v) is 1.67. The molecule has 0 aliphatic heterocycles. The fourth-order valence-electron chi connectivity index (χ4n) is 1.10. The summed E-state index contributed by atoms with van der Waals surface area (Å²) in [4.78, 5) is 11.0. The van der Waals surface area contributed by atoms with Crippen molar-refractivity contribution in [2.24, 2.45) is 5.73 Å². The van der Waals surface area contributed by atoms with Crippen molar-refractivity contribution in [3.8, 4) is 0 Å². The molecule has 62 valence electrons. The van der Waals surface area contributed by atoms with Gasteiger partial charge in [0.25, 0.3) is 5.56 Å². The first-order valence-corrected chi connectivity index (χ1v) is 3.78. The molecule has 1 aromatic heterocycles. The Labute approximate surface area is 64.8 Å². The van der Waals surface area contributed by atoms with Crippen LogP contribution in [0.5, 0.6) is 0 Å². The molecule has 1 heterocycles. The van der Waals surface area contributed by atoms with Crippen molar-refractivity contribution >= 4 is 0 Å². The average molecular weight is 155 g/mol. The van der Waals surface area contributed by atoms with Crippen LogP contribution in [0.25, 0.3) is 0 Å². The second-order valence-corrected chi connectivity index (χ2v) is 2.49. The lowest BCUT2D eigenvalue weighted by molar-refractivity contribution is 0.850. The maximum Gasteiger partial charge on any atom is 0.268 e. The summed E-state index contributed by atoms with van der Waals surface area (Å²) in [7, 11) is 0. The normalized spacial score (nSPS) is 10.4. The number of hydrogen-bond donors (Lipinski definition) is 3. The van der Waals surface area contributed by atoms with E-state index in [0.29, 0.717) is 12.1 Å². The van der Waals surface area contributed by atoms with E-state index in [0.717, 1.165) is 18.5 Å². The zero-order valence-electron chi connectivity index (χ0n) is 6.61. The van der Waals surface area contributed by atoms with Crippen LogP contribution in [0.4, 0.5) is 0 Å². The Bertz CT molecular complexity index is 273. The highest BCUT2D eigenvalue weighted by molar-refractivity contribution is 5.15. The van der Waals surface area contributed by atoms with E-state index >= 15 is 0 Å². The monoisotopic (exact) mass is 155 g/mol. The van der Waals surface area contributed by atoms with Crippen molar-refractivity contribution in [2.45, 2.75) is 26.3 Å². The van der Waals surface area contributed by atoms with Crippen LogP contribution in [0.2, 0.25) is 0 Å². The van der Waals surface area contributed by atoms with Gasteiger partial charge in [-0.15, -0.1) is 0 Å². The highest BCUT2D eigenvalue weighted by atomic mass is 16.1. The number of nitrogens with one attached hydrogen (secondary N) is 2. The molecule has 0 aliphatic rings. The maximum atomic E-state index is 11.0. The van der Waals surface area contributed by atoms with E-state index in [1.54, 1.807) is 0 Å². The van der Waals surface area contributed by atoms with Gasteiger partial charge in [0.05, 0.1) is 5.56 Å². The molecule has 4 N–H and O–H groups in total. The fraction of sp³-hybridized carbons (Fsp3) is 0.571. The van der Waals surface area contributed by atoms with E-state index in [9.17, 15) is 4.79 Å². The summed E-state index contributed by atoms with van der Waals surface area (Å²) in [5.74, 6) is 0. The molecule has 0 unspecified atom stereocenters. The van der Waals surface area contributed by atoms with E-state index in [1.165, 1.54) is 0 Å². The Morgan fingerprint density at radius 3 is 2.73 bits per heavy atom. The molecule has 4 heteroatoms. The summed E-state index contributed by atoms with van der Waals surface area (Å²) in [6.07, 6.45) is 1.89. The maximum absolute atomic E-state index is 11.0.